The molecule has 0 N–H and O–H groups in total. The lowest BCUT2D eigenvalue weighted by Gasteiger charge is -2.29. The number of fused-ring (bicyclic) bond motifs is 9. The third-order valence-electron chi connectivity index (χ3n) is 11.8. The summed E-state index contributed by atoms with van der Waals surface area (Å²) < 4.78 is 4.95. The van der Waals surface area contributed by atoms with Crippen LogP contribution < -0.4 is 16.4 Å². The van der Waals surface area contributed by atoms with Crippen molar-refractivity contribution in [3.05, 3.63) is 212 Å². The Kier molecular flexibility index (Phi) is 8.76. The van der Waals surface area contributed by atoms with Gasteiger partial charge in [0.05, 0.1) is 22.1 Å². The second-order valence-corrected chi connectivity index (χ2v) is 18.5. The van der Waals surface area contributed by atoms with Crippen LogP contribution in [0, 0.1) is 0 Å². The molecule has 1 aliphatic heterocycles. The highest BCUT2D eigenvalue weighted by atomic mass is 32.2. The number of nitrogens with zero attached hydrogens (tertiary/aromatic N) is 2. The first-order valence-corrected chi connectivity index (χ1v) is 22.7. The fourth-order valence-corrected chi connectivity index (χ4v) is 12.5. The van der Waals surface area contributed by atoms with Gasteiger partial charge in [-0.25, -0.2) is 0 Å². The van der Waals surface area contributed by atoms with Crippen LogP contribution in [0.1, 0.15) is 0 Å². The highest BCUT2D eigenvalue weighted by molar-refractivity contribution is 8.01. The molecule has 0 radical (unpaired) electrons. The van der Waals surface area contributed by atoms with Crippen molar-refractivity contribution >= 4 is 102 Å². The van der Waals surface area contributed by atoms with Crippen molar-refractivity contribution in [2.45, 2.75) is 29.4 Å². The minimum Gasteiger partial charge on any atom is -0.309 e. The quantitative estimate of drug-likeness (QED) is 0.148. The van der Waals surface area contributed by atoms with Gasteiger partial charge in [0.2, 0.25) is 6.71 Å². The van der Waals surface area contributed by atoms with E-state index in [1.165, 1.54) is 95.1 Å². The lowest BCUT2D eigenvalue weighted by Crippen LogP contribution is -2.56. The normalized spacial score (nSPS) is 12.4. The zero-order chi connectivity index (χ0) is 39.6. The number of aromatic nitrogens is 2. The molecule has 0 fully saturated rings. The number of rotatable bonds is 7. The summed E-state index contributed by atoms with van der Waals surface area (Å²) in [6, 6.07) is 78.0. The molecule has 0 saturated heterocycles. The Morgan fingerprint density at radius 2 is 0.967 bits per heavy atom. The van der Waals surface area contributed by atoms with Crippen LogP contribution in [0.25, 0.3) is 55.0 Å². The van der Waals surface area contributed by atoms with Crippen LogP contribution in [-0.2, 0) is 0 Å². The van der Waals surface area contributed by atoms with E-state index in [-0.39, 0.29) is 6.71 Å². The standard InChI is InChI=1S/C54H35BN2S3/c1-4-17-36(18-5-1)57-45-26-13-10-23-40(45)41-32-34-47-52(54(41)57)42-24-11-14-27-46(42)56(47)37-31-33-44-51(35-37)60-48-28-15-12-25-43(48)55(44)53-49(58-38-19-6-2-7-20-38)29-16-30-50(53)59-39-21-8-3-9-22-39/h1-35H. The third kappa shape index (κ3) is 5.85. The smallest absolute Gasteiger partial charge is 0.247 e. The zero-order valence-electron chi connectivity index (χ0n) is 32.4. The van der Waals surface area contributed by atoms with Crippen LogP contribution >= 0.6 is 35.3 Å². The minimum absolute atomic E-state index is 0.0458. The van der Waals surface area contributed by atoms with Gasteiger partial charge in [0.15, 0.2) is 0 Å². The molecule has 11 aromatic rings. The monoisotopic (exact) mass is 818 g/mol. The van der Waals surface area contributed by atoms with Crippen molar-refractivity contribution in [3.63, 3.8) is 0 Å². The van der Waals surface area contributed by atoms with Gasteiger partial charge >= 0.3 is 0 Å². The van der Waals surface area contributed by atoms with Crippen molar-refractivity contribution < 1.29 is 0 Å². The maximum absolute atomic E-state index is 2.49. The van der Waals surface area contributed by atoms with E-state index >= 15 is 0 Å². The molecule has 0 unspecified atom stereocenters. The summed E-state index contributed by atoms with van der Waals surface area (Å²) in [5.41, 5.74) is 11.2. The first kappa shape index (κ1) is 35.6. The van der Waals surface area contributed by atoms with Crippen molar-refractivity contribution in [2.24, 2.45) is 0 Å². The van der Waals surface area contributed by atoms with E-state index in [2.05, 4.69) is 221 Å². The molecule has 2 nitrogen and oxygen atoms in total. The van der Waals surface area contributed by atoms with Gasteiger partial charge in [0, 0.05) is 62.3 Å². The Hall–Kier alpha value is -6.31. The van der Waals surface area contributed by atoms with E-state index in [1.807, 2.05) is 35.3 Å². The Bertz CT molecular complexity index is 3350. The summed E-state index contributed by atoms with van der Waals surface area (Å²) in [6.07, 6.45) is 0. The highest BCUT2D eigenvalue weighted by Gasteiger charge is 2.35. The second-order valence-electron chi connectivity index (χ2n) is 15.2. The van der Waals surface area contributed by atoms with Gasteiger partial charge in [-0.15, -0.1) is 0 Å². The zero-order valence-corrected chi connectivity index (χ0v) is 34.9. The largest absolute Gasteiger partial charge is 0.309 e. The Balaban J connectivity index is 1.09. The molecule has 0 bridgehead atoms. The fourth-order valence-electron chi connectivity index (χ4n) is 9.25. The molecular formula is C54H35BN2S3. The molecule has 282 valence electrons. The predicted octanol–water partition coefficient (Wildman–Crippen LogP) is 13.2. The SMILES string of the molecule is c1ccc(Sc2cccc(Sc3ccccc3)c2B2c3ccccc3Sc3cc(-n4c5ccccc5c5c4ccc4c6ccccc6n(-c6ccccc6)c45)ccc32)cc1. The van der Waals surface area contributed by atoms with Crippen molar-refractivity contribution in [2.75, 3.05) is 0 Å². The van der Waals surface area contributed by atoms with Gasteiger partial charge in [-0.1, -0.05) is 174 Å². The van der Waals surface area contributed by atoms with E-state index in [4.69, 9.17) is 0 Å². The minimum atomic E-state index is 0.0458. The van der Waals surface area contributed by atoms with E-state index in [1.54, 1.807) is 0 Å². The Morgan fingerprint density at radius 3 is 1.68 bits per heavy atom. The van der Waals surface area contributed by atoms with Gasteiger partial charge in [-0.2, -0.15) is 0 Å². The van der Waals surface area contributed by atoms with Crippen LogP contribution in [0.5, 0.6) is 0 Å². The summed E-state index contributed by atoms with van der Waals surface area (Å²) in [4.78, 5) is 7.63. The molecule has 2 aromatic heterocycles. The Labute approximate surface area is 362 Å². The molecule has 0 saturated carbocycles. The maximum atomic E-state index is 2.49. The van der Waals surface area contributed by atoms with Crippen molar-refractivity contribution in [1.29, 1.82) is 0 Å². The highest BCUT2D eigenvalue weighted by Crippen LogP contribution is 2.43. The van der Waals surface area contributed by atoms with E-state index in [9.17, 15) is 0 Å². The Morgan fingerprint density at radius 1 is 0.383 bits per heavy atom. The van der Waals surface area contributed by atoms with Crippen LogP contribution in [0.15, 0.2) is 242 Å². The first-order chi connectivity index (χ1) is 29.8. The van der Waals surface area contributed by atoms with Gasteiger partial charge in [-0.3, -0.25) is 0 Å². The molecule has 60 heavy (non-hydrogen) atoms. The molecule has 9 aromatic carbocycles. The fraction of sp³-hybridized carbons (Fsp3) is 0. The second kappa shape index (κ2) is 14.8. The molecule has 0 amide bonds. The molecule has 3 heterocycles. The number of benzene rings is 9. The summed E-state index contributed by atoms with van der Waals surface area (Å²) >= 11 is 5.62. The topological polar surface area (TPSA) is 9.86 Å². The van der Waals surface area contributed by atoms with E-state index < -0.39 is 0 Å². The lowest BCUT2D eigenvalue weighted by atomic mass is 9.36. The number of para-hydroxylation sites is 3. The van der Waals surface area contributed by atoms with Gasteiger partial charge in [0.1, 0.15) is 0 Å². The summed E-state index contributed by atoms with van der Waals surface area (Å²) in [5, 5.41) is 5.05. The molecule has 0 spiro atoms. The molecule has 0 atom stereocenters. The summed E-state index contributed by atoms with van der Waals surface area (Å²) in [7, 11) is 0. The van der Waals surface area contributed by atoms with Gasteiger partial charge in [0.25, 0.3) is 0 Å². The van der Waals surface area contributed by atoms with Crippen LogP contribution in [0.4, 0.5) is 0 Å². The maximum Gasteiger partial charge on any atom is 0.247 e. The first-order valence-electron chi connectivity index (χ1n) is 20.3. The number of hydrogen-bond donors (Lipinski definition) is 0. The predicted molar refractivity (Wildman–Crippen MR) is 258 cm³/mol. The molecule has 12 rings (SSSR count). The van der Waals surface area contributed by atoms with Crippen molar-refractivity contribution in [3.8, 4) is 11.4 Å². The molecular weight excluding hydrogens is 784 g/mol. The van der Waals surface area contributed by atoms with E-state index in [0.717, 1.165) is 5.69 Å². The van der Waals surface area contributed by atoms with Gasteiger partial charge < -0.3 is 9.13 Å². The van der Waals surface area contributed by atoms with Crippen LogP contribution in [0.3, 0.4) is 0 Å². The van der Waals surface area contributed by atoms with Gasteiger partial charge in [-0.05, 0) is 90.4 Å². The molecule has 0 aliphatic carbocycles. The van der Waals surface area contributed by atoms with Crippen LogP contribution in [-0.4, -0.2) is 15.8 Å². The van der Waals surface area contributed by atoms with E-state index in [0.29, 0.717) is 0 Å². The molecule has 6 heteroatoms. The number of hydrogen-bond acceptors (Lipinski definition) is 3. The average molecular weight is 819 g/mol. The lowest BCUT2D eigenvalue weighted by molar-refractivity contribution is 1.16. The molecule has 1 aliphatic rings. The average Bonchev–Trinajstić information content (AvgIpc) is 3.82. The van der Waals surface area contributed by atoms with Crippen LogP contribution in [0.2, 0.25) is 0 Å². The van der Waals surface area contributed by atoms with Crippen molar-refractivity contribution in [1.82, 2.24) is 9.13 Å². The summed E-state index contributed by atoms with van der Waals surface area (Å²) in [5.74, 6) is 0. The third-order valence-corrected chi connectivity index (χ3v) is 15.1. The summed E-state index contributed by atoms with van der Waals surface area (Å²) in [6.45, 7) is 0.0458.